The predicted molar refractivity (Wildman–Crippen MR) is 89.8 cm³/mol. The minimum atomic E-state index is -0.820. The molecule has 24 heavy (non-hydrogen) atoms. The Morgan fingerprint density at radius 1 is 0.917 bits per heavy atom. The molecule has 0 heterocycles. The summed E-state index contributed by atoms with van der Waals surface area (Å²) in [6.07, 6.45) is 0. The van der Waals surface area contributed by atoms with Crippen molar-refractivity contribution in [1.82, 2.24) is 0 Å². The Morgan fingerprint density at radius 2 is 1.58 bits per heavy atom. The van der Waals surface area contributed by atoms with Gasteiger partial charge in [-0.3, -0.25) is 4.79 Å². The summed E-state index contributed by atoms with van der Waals surface area (Å²) in [4.78, 5) is 24.3. The van der Waals surface area contributed by atoms with Crippen LogP contribution in [0.4, 0.5) is 0 Å². The molecular formula is C19H20O5. The van der Waals surface area contributed by atoms with E-state index in [2.05, 4.69) is 0 Å². The Bertz CT molecular complexity index is 821. The van der Waals surface area contributed by atoms with Gasteiger partial charge in [0.25, 0.3) is 0 Å². The number of aromatic hydroxyl groups is 2. The number of rotatable bonds is 4. The monoisotopic (exact) mass is 328 g/mol. The molecule has 0 amide bonds. The molecule has 2 aromatic rings. The lowest BCUT2D eigenvalue weighted by Gasteiger charge is -2.13. The van der Waals surface area contributed by atoms with Crippen molar-refractivity contribution in [2.45, 2.75) is 27.7 Å². The molecule has 2 rings (SSSR count). The quantitative estimate of drug-likeness (QED) is 0.664. The molecule has 126 valence electrons. The van der Waals surface area contributed by atoms with Crippen molar-refractivity contribution in [2.24, 2.45) is 0 Å². The zero-order chi connectivity index (χ0) is 18.0. The van der Waals surface area contributed by atoms with Crippen LogP contribution in [0.3, 0.4) is 0 Å². The number of hydrogen-bond acceptors (Lipinski definition) is 5. The Morgan fingerprint density at radius 3 is 2.21 bits per heavy atom. The SMILES string of the molecule is Cc1cc(C(=O)COC(=O)c2ccc(O)cc2O)c(C)c(C)c1C. The van der Waals surface area contributed by atoms with Gasteiger partial charge in [-0.15, -0.1) is 0 Å². The summed E-state index contributed by atoms with van der Waals surface area (Å²) in [5.41, 5.74) is 4.47. The van der Waals surface area contributed by atoms with Gasteiger partial charge >= 0.3 is 5.97 Å². The van der Waals surface area contributed by atoms with Crippen LogP contribution in [0.15, 0.2) is 24.3 Å². The van der Waals surface area contributed by atoms with E-state index in [0.717, 1.165) is 28.3 Å². The third-order valence-electron chi connectivity index (χ3n) is 4.32. The zero-order valence-electron chi connectivity index (χ0n) is 14.1. The lowest BCUT2D eigenvalue weighted by molar-refractivity contribution is 0.0471. The molecule has 0 aliphatic heterocycles. The molecule has 0 aliphatic rings. The first-order chi connectivity index (χ1) is 11.2. The first-order valence-electron chi connectivity index (χ1n) is 7.52. The Kier molecular flexibility index (Phi) is 4.93. The van der Waals surface area contributed by atoms with Crippen LogP contribution in [-0.4, -0.2) is 28.6 Å². The molecule has 2 N–H and O–H groups in total. The normalized spacial score (nSPS) is 10.5. The van der Waals surface area contributed by atoms with Crippen molar-refractivity contribution in [1.29, 1.82) is 0 Å². The van der Waals surface area contributed by atoms with Crippen molar-refractivity contribution in [3.05, 3.63) is 57.6 Å². The van der Waals surface area contributed by atoms with E-state index in [4.69, 9.17) is 4.74 Å². The summed E-state index contributed by atoms with van der Waals surface area (Å²) in [6, 6.07) is 5.33. The van der Waals surface area contributed by atoms with E-state index < -0.39 is 18.3 Å². The molecule has 0 fully saturated rings. The van der Waals surface area contributed by atoms with E-state index in [-0.39, 0.29) is 17.1 Å². The second kappa shape index (κ2) is 6.74. The number of carbonyl (C=O) groups excluding carboxylic acids is 2. The van der Waals surface area contributed by atoms with Crippen LogP contribution in [0.1, 0.15) is 43.0 Å². The molecule has 0 atom stereocenters. The van der Waals surface area contributed by atoms with Gasteiger partial charge in [-0.2, -0.15) is 0 Å². The Balaban J connectivity index is 2.15. The van der Waals surface area contributed by atoms with Gasteiger partial charge in [0.1, 0.15) is 17.1 Å². The van der Waals surface area contributed by atoms with Crippen LogP contribution >= 0.6 is 0 Å². The first-order valence-corrected chi connectivity index (χ1v) is 7.52. The van der Waals surface area contributed by atoms with Gasteiger partial charge in [0.05, 0.1) is 0 Å². The number of carbonyl (C=O) groups is 2. The Labute approximate surface area is 140 Å². The number of ether oxygens (including phenoxy) is 1. The maximum atomic E-state index is 12.4. The largest absolute Gasteiger partial charge is 0.508 e. The van der Waals surface area contributed by atoms with E-state index in [0.29, 0.717) is 5.56 Å². The molecule has 0 aromatic heterocycles. The van der Waals surface area contributed by atoms with Gasteiger partial charge < -0.3 is 14.9 Å². The third-order valence-corrected chi connectivity index (χ3v) is 4.32. The fourth-order valence-electron chi connectivity index (χ4n) is 2.48. The highest BCUT2D eigenvalue weighted by molar-refractivity contribution is 6.01. The summed E-state index contributed by atoms with van der Waals surface area (Å²) in [7, 11) is 0. The van der Waals surface area contributed by atoms with E-state index in [9.17, 15) is 19.8 Å². The van der Waals surface area contributed by atoms with Crippen molar-refractivity contribution in [2.75, 3.05) is 6.61 Å². The van der Waals surface area contributed by atoms with Crippen molar-refractivity contribution >= 4 is 11.8 Å². The minimum absolute atomic E-state index is 0.103. The van der Waals surface area contributed by atoms with Gasteiger partial charge in [0.2, 0.25) is 5.78 Å². The summed E-state index contributed by atoms with van der Waals surface area (Å²) in [6.45, 7) is 7.33. The van der Waals surface area contributed by atoms with Crippen LogP contribution < -0.4 is 0 Å². The van der Waals surface area contributed by atoms with Crippen LogP contribution in [0.5, 0.6) is 11.5 Å². The lowest BCUT2D eigenvalue weighted by Crippen LogP contribution is -2.16. The maximum Gasteiger partial charge on any atom is 0.342 e. The average molecular weight is 328 g/mol. The van der Waals surface area contributed by atoms with E-state index in [1.807, 2.05) is 27.7 Å². The summed E-state index contributed by atoms with van der Waals surface area (Å²) >= 11 is 0. The fraction of sp³-hybridized carbons (Fsp3) is 0.263. The molecule has 5 nitrogen and oxygen atoms in total. The summed E-state index contributed by atoms with van der Waals surface area (Å²) in [5, 5.41) is 18.9. The van der Waals surface area contributed by atoms with E-state index in [1.54, 1.807) is 6.07 Å². The van der Waals surface area contributed by atoms with E-state index in [1.165, 1.54) is 12.1 Å². The number of Topliss-reactive ketones (excluding diaryl/α,β-unsaturated/α-hetero) is 1. The number of aryl methyl sites for hydroxylation is 1. The average Bonchev–Trinajstić information content (AvgIpc) is 2.53. The van der Waals surface area contributed by atoms with Crippen LogP contribution in [0.2, 0.25) is 0 Å². The second-order valence-electron chi connectivity index (χ2n) is 5.82. The predicted octanol–water partition coefficient (Wildman–Crippen LogP) is 3.37. The number of ketones is 1. The zero-order valence-corrected chi connectivity index (χ0v) is 14.1. The van der Waals surface area contributed by atoms with Gasteiger partial charge in [0.15, 0.2) is 6.61 Å². The number of benzene rings is 2. The van der Waals surface area contributed by atoms with Crippen LogP contribution in [0, 0.1) is 27.7 Å². The Hall–Kier alpha value is -2.82. The van der Waals surface area contributed by atoms with Crippen molar-refractivity contribution < 1.29 is 24.5 Å². The highest BCUT2D eigenvalue weighted by atomic mass is 16.5. The molecular weight excluding hydrogens is 308 g/mol. The van der Waals surface area contributed by atoms with Gasteiger partial charge in [-0.1, -0.05) is 0 Å². The van der Waals surface area contributed by atoms with Crippen LogP contribution in [0.25, 0.3) is 0 Å². The number of phenols is 2. The lowest BCUT2D eigenvalue weighted by atomic mass is 9.93. The van der Waals surface area contributed by atoms with E-state index >= 15 is 0 Å². The summed E-state index contributed by atoms with van der Waals surface area (Å²) < 4.78 is 5.00. The standard InChI is InChI=1S/C19H20O5/c1-10-7-16(13(4)12(3)11(10)2)18(22)9-24-19(23)15-6-5-14(20)8-17(15)21/h5-8,20-21H,9H2,1-4H3. The van der Waals surface area contributed by atoms with Gasteiger partial charge in [0, 0.05) is 11.6 Å². The second-order valence-corrected chi connectivity index (χ2v) is 5.82. The molecule has 0 saturated heterocycles. The van der Waals surface area contributed by atoms with Gasteiger partial charge in [-0.25, -0.2) is 4.79 Å². The number of hydrogen-bond donors (Lipinski definition) is 2. The first kappa shape index (κ1) is 17.5. The van der Waals surface area contributed by atoms with Gasteiger partial charge in [-0.05, 0) is 68.1 Å². The van der Waals surface area contributed by atoms with Crippen molar-refractivity contribution in [3.8, 4) is 11.5 Å². The molecule has 0 radical (unpaired) electrons. The number of phenolic OH excluding ortho intramolecular Hbond substituents is 2. The molecule has 0 spiro atoms. The maximum absolute atomic E-state index is 12.4. The summed E-state index contributed by atoms with van der Waals surface area (Å²) in [5.74, 6) is -1.68. The molecule has 0 unspecified atom stereocenters. The highest BCUT2D eigenvalue weighted by Crippen LogP contribution is 2.24. The van der Waals surface area contributed by atoms with Crippen LogP contribution in [-0.2, 0) is 4.74 Å². The molecule has 0 saturated carbocycles. The molecule has 5 heteroatoms. The molecule has 2 aromatic carbocycles. The highest BCUT2D eigenvalue weighted by Gasteiger charge is 2.18. The molecule has 0 aliphatic carbocycles. The smallest absolute Gasteiger partial charge is 0.342 e. The fourth-order valence-corrected chi connectivity index (χ4v) is 2.48. The third kappa shape index (κ3) is 3.40. The topological polar surface area (TPSA) is 83.8 Å². The minimum Gasteiger partial charge on any atom is -0.508 e. The van der Waals surface area contributed by atoms with Crippen molar-refractivity contribution in [3.63, 3.8) is 0 Å². The molecule has 0 bridgehead atoms. The number of esters is 1.